The van der Waals surface area contributed by atoms with Gasteiger partial charge in [0.1, 0.15) is 12.7 Å². The lowest BCUT2D eigenvalue weighted by atomic mass is 10.1. The Morgan fingerprint density at radius 2 is 2.00 bits per heavy atom. The average molecular weight is 329 g/mol. The van der Waals surface area contributed by atoms with Crippen LogP contribution in [0, 0.1) is 0 Å². The molecule has 0 spiro atoms. The van der Waals surface area contributed by atoms with Gasteiger partial charge in [0.25, 0.3) is 0 Å². The third kappa shape index (κ3) is 3.80. The first-order valence-corrected chi connectivity index (χ1v) is 8.16. The number of likely N-dealkylation sites (N-methyl/N-ethyl adjacent to an activating group) is 1. The maximum Gasteiger partial charge on any atom is 0.236 e. The molecule has 1 aromatic heterocycles. The van der Waals surface area contributed by atoms with Gasteiger partial charge in [0.15, 0.2) is 0 Å². The highest BCUT2D eigenvalue weighted by Gasteiger charge is 2.21. The first-order chi connectivity index (χ1) is 11.6. The van der Waals surface area contributed by atoms with Crippen LogP contribution in [0.25, 0.3) is 5.69 Å². The molecule has 1 aliphatic heterocycles. The lowest BCUT2D eigenvalue weighted by Gasteiger charge is -2.31. The minimum Gasteiger partial charge on any atom is -0.378 e. The van der Waals surface area contributed by atoms with E-state index >= 15 is 0 Å². The molecule has 0 unspecified atom stereocenters. The summed E-state index contributed by atoms with van der Waals surface area (Å²) in [7, 11) is 1.98. The van der Waals surface area contributed by atoms with Gasteiger partial charge in [0, 0.05) is 19.1 Å². The molecule has 0 saturated carbocycles. The van der Waals surface area contributed by atoms with Crippen LogP contribution in [0.3, 0.4) is 0 Å². The molecule has 0 aliphatic carbocycles. The topological polar surface area (TPSA) is 63.5 Å². The van der Waals surface area contributed by atoms with Crippen LogP contribution in [0.15, 0.2) is 36.9 Å². The molecular weight excluding hydrogens is 306 g/mol. The van der Waals surface area contributed by atoms with Crippen LogP contribution in [0.1, 0.15) is 18.5 Å². The normalized spacial score (nSPS) is 16.4. The van der Waals surface area contributed by atoms with Crippen LogP contribution in [0.5, 0.6) is 0 Å². The molecule has 24 heavy (non-hydrogen) atoms. The molecule has 3 rings (SSSR count). The maximum atomic E-state index is 12.4. The summed E-state index contributed by atoms with van der Waals surface area (Å²) in [5.74, 6) is 0.159. The number of benzene rings is 1. The van der Waals surface area contributed by atoms with Crippen molar-refractivity contribution < 1.29 is 9.53 Å². The molecule has 0 N–H and O–H groups in total. The van der Waals surface area contributed by atoms with Gasteiger partial charge in [-0.2, -0.15) is 5.10 Å². The second-order valence-electron chi connectivity index (χ2n) is 6.02. The van der Waals surface area contributed by atoms with Gasteiger partial charge < -0.3 is 9.64 Å². The van der Waals surface area contributed by atoms with Crippen molar-refractivity contribution in [1.82, 2.24) is 24.6 Å². The van der Waals surface area contributed by atoms with E-state index in [1.807, 2.05) is 24.1 Å². The largest absolute Gasteiger partial charge is 0.378 e. The molecule has 7 nitrogen and oxygen atoms in total. The van der Waals surface area contributed by atoms with E-state index in [4.69, 9.17) is 4.74 Å². The Kier molecular flexibility index (Phi) is 5.22. The van der Waals surface area contributed by atoms with Crippen molar-refractivity contribution >= 4 is 5.91 Å². The minimum absolute atomic E-state index is 0.153. The van der Waals surface area contributed by atoms with Crippen molar-refractivity contribution in [3.8, 4) is 5.69 Å². The van der Waals surface area contributed by atoms with Crippen LogP contribution in [0.4, 0.5) is 0 Å². The van der Waals surface area contributed by atoms with Crippen molar-refractivity contribution in [3.63, 3.8) is 0 Å². The van der Waals surface area contributed by atoms with Crippen LogP contribution >= 0.6 is 0 Å². The zero-order valence-corrected chi connectivity index (χ0v) is 14.1. The Labute approximate surface area is 141 Å². The predicted octanol–water partition coefficient (Wildman–Crippen LogP) is 1.12. The fraction of sp³-hybridized carbons (Fsp3) is 0.471. The second kappa shape index (κ2) is 7.55. The summed E-state index contributed by atoms with van der Waals surface area (Å²) in [6.45, 7) is 5.16. The van der Waals surface area contributed by atoms with Gasteiger partial charge in [0.2, 0.25) is 5.91 Å². The van der Waals surface area contributed by atoms with Crippen molar-refractivity contribution in [3.05, 3.63) is 42.5 Å². The molecule has 1 atom stereocenters. The zero-order valence-electron chi connectivity index (χ0n) is 14.1. The smallest absolute Gasteiger partial charge is 0.236 e. The quantitative estimate of drug-likeness (QED) is 0.822. The molecule has 1 aliphatic rings. The summed E-state index contributed by atoms with van der Waals surface area (Å²) < 4.78 is 7.02. The fourth-order valence-corrected chi connectivity index (χ4v) is 2.76. The van der Waals surface area contributed by atoms with E-state index < -0.39 is 0 Å². The summed E-state index contributed by atoms with van der Waals surface area (Å²) in [6.07, 6.45) is 3.19. The maximum absolute atomic E-state index is 12.4. The van der Waals surface area contributed by atoms with Crippen LogP contribution in [-0.2, 0) is 9.53 Å². The molecular formula is C17H23N5O2. The van der Waals surface area contributed by atoms with Gasteiger partial charge >= 0.3 is 0 Å². The number of hydrogen-bond acceptors (Lipinski definition) is 5. The van der Waals surface area contributed by atoms with Crippen molar-refractivity contribution in [2.24, 2.45) is 0 Å². The predicted molar refractivity (Wildman–Crippen MR) is 89.8 cm³/mol. The molecule has 128 valence electrons. The van der Waals surface area contributed by atoms with Crippen molar-refractivity contribution in [2.75, 3.05) is 39.9 Å². The molecule has 0 bridgehead atoms. The van der Waals surface area contributed by atoms with E-state index in [-0.39, 0.29) is 11.9 Å². The van der Waals surface area contributed by atoms with Gasteiger partial charge in [-0.25, -0.2) is 9.67 Å². The number of nitrogens with zero attached hydrogens (tertiary/aromatic N) is 5. The zero-order chi connectivity index (χ0) is 16.9. The molecule has 1 fully saturated rings. The summed E-state index contributed by atoms with van der Waals surface area (Å²) in [5, 5.41) is 4.12. The number of carbonyl (C=O) groups is 1. The van der Waals surface area contributed by atoms with Gasteiger partial charge in [-0.1, -0.05) is 12.1 Å². The summed E-state index contributed by atoms with van der Waals surface area (Å²) in [5.41, 5.74) is 2.13. The number of aromatic nitrogens is 3. The number of amides is 1. The highest BCUT2D eigenvalue weighted by Crippen LogP contribution is 2.20. The van der Waals surface area contributed by atoms with E-state index in [9.17, 15) is 4.79 Å². The fourth-order valence-electron chi connectivity index (χ4n) is 2.76. The third-order valence-electron chi connectivity index (χ3n) is 4.47. The molecule has 0 radical (unpaired) electrons. The van der Waals surface area contributed by atoms with Crippen molar-refractivity contribution in [1.29, 1.82) is 0 Å². The number of hydrogen-bond donors (Lipinski definition) is 0. The monoisotopic (exact) mass is 329 g/mol. The lowest BCUT2D eigenvalue weighted by Crippen LogP contribution is -2.45. The Hall–Kier alpha value is -2.25. The standard InChI is InChI=1S/C17H23N5O2/c1-14(20(2)11-17(23)21-7-9-24-10-8-21)15-3-5-16(6-4-15)22-13-18-12-19-22/h3-6,12-14H,7-11H2,1-2H3/t14-/m0/s1. The summed E-state index contributed by atoms with van der Waals surface area (Å²) in [4.78, 5) is 20.3. The Bertz CT molecular complexity index is 650. The van der Waals surface area contributed by atoms with E-state index in [0.717, 1.165) is 11.3 Å². The average Bonchev–Trinajstić information content (AvgIpc) is 3.16. The number of rotatable bonds is 5. The van der Waals surface area contributed by atoms with Crippen molar-refractivity contribution in [2.45, 2.75) is 13.0 Å². The van der Waals surface area contributed by atoms with E-state index in [0.29, 0.717) is 32.8 Å². The highest BCUT2D eigenvalue weighted by atomic mass is 16.5. The first-order valence-electron chi connectivity index (χ1n) is 8.16. The van der Waals surface area contributed by atoms with E-state index in [2.05, 4.69) is 34.0 Å². The third-order valence-corrected chi connectivity index (χ3v) is 4.47. The van der Waals surface area contributed by atoms with Gasteiger partial charge in [-0.05, 0) is 31.7 Å². The van der Waals surface area contributed by atoms with E-state index in [1.54, 1.807) is 11.0 Å². The molecule has 2 heterocycles. The summed E-state index contributed by atoms with van der Waals surface area (Å²) >= 11 is 0. The molecule has 1 aromatic carbocycles. The van der Waals surface area contributed by atoms with Gasteiger partial charge in [0.05, 0.1) is 25.4 Å². The molecule has 1 amide bonds. The molecule has 2 aromatic rings. The molecule has 7 heteroatoms. The Morgan fingerprint density at radius 3 is 2.62 bits per heavy atom. The SMILES string of the molecule is C[C@@H](c1ccc(-n2cncn2)cc1)N(C)CC(=O)N1CCOCC1. The summed E-state index contributed by atoms with van der Waals surface area (Å²) in [6, 6.07) is 8.31. The Morgan fingerprint density at radius 1 is 1.29 bits per heavy atom. The number of carbonyl (C=O) groups excluding carboxylic acids is 1. The van der Waals surface area contributed by atoms with E-state index in [1.165, 1.54) is 6.33 Å². The highest BCUT2D eigenvalue weighted by molar-refractivity contribution is 5.78. The van der Waals surface area contributed by atoms with Gasteiger partial charge in [-0.3, -0.25) is 9.69 Å². The minimum atomic E-state index is 0.153. The first kappa shape index (κ1) is 16.6. The van der Waals surface area contributed by atoms with Crippen LogP contribution < -0.4 is 0 Å². The van der Waals surface area contributed by atoms with Crippen LogP contribution in [0.2, 0.25) is 0 Å². The number of ether oxygens (including phenoxy) is 1. The van der Waals surface area contributed by atoms with Crippen LogP contribution in [-0.4, -0.2) is 70.4 Å². The number of morpholine rings is 1. The second-order valence-corrected chi connectivity index (χ2v) is 6.02. The lowest BCUT2D eigenvalue weighted by molar-refractivity contribution is -0.136. The van der Waals surface area contributed by atoms with Gasteiger partial charge in [-0.15, -0.1) is 0 Å². The molecule has 1 saturated heterocycles. The Balaban J connectivity index is 1.60.